The van der Waals surface area contributed by atoms with Crippen LogP contribution in [0.2, 0.25) is 0 Å². The Kier molecular flexibility index (Phi) is 2.88. The van der Waals surface area contributed by atoms with Crippen LogP contribution in [0, 0.1) is 17.5 Å². The molecule has 84 valence electrons. The monoisotopic (exact) mass is 246 g/mol. The Bertz CT molecular complexity index is 506. The summed E-state index contributed by atoms with van der Waals surface area (Å²) < 4.78 is 38.5. The molecule has 2 rings (SSSR count). The third kappa shape index (κ3) is 1.91. The predicted octanol–water partition coefficient (Wildman–Crippen LogP) is 2.11. The molecule has 0 aliphatic rings. The lowest BCUT2D eigenvalue weighted by molar-refractivity contribution is 0.280. The highest BCUT2D eigenvalue weighted by molar-refractivity contribution is 7.14. The Hall–Kier alpha value is -1.47. The third-order valence-corrected chi connectivity index (χ3v) is 2.79. The first-order valence-corrected chi connectivity index (χ1v) is 5.01. The molecule has 16 heavy (non-hydrogen) atoms. The van der Waals surface area contributed by atoms with Gasteiger partial charge >= 0.3 is 0 Å². The van der Waals surface area contributed by atoms with Gasteiger partial charge in [-0.2, -0.15) is 0 Å². The summed E-state index contributed by atoms with van der Waals surface area (Å²) in [5.74, 6) is -4.08. The van der Waals surface area contributed by atoms with Crippen molar-refractivity contribution in [2.75, 3.05) is 0 Å². The normalized spacial score (nSPS) is 10.8. The summed E-state index contributed by atoms with van der Waals surface area (Å²) in [6.45, 7) is -0.302. The van der Waals surface area contributed by atoms with Crippen molar-refractivity contribution in [2.24, 2.45) is 0 Å². The van der Waals surface area contributed by atoms with E-state index in [-0.39, 0.29) is 17.2 Å². The van der Waals surface area contributed by atoms with Crippen LogP contribution in [0.5, 0.6) is 0 Å². The van der Waals surface area contributed by atoms with Gasteiger partial charge in [-0.25, -0.2) is 13.2 Å². The second-order valence-electron chi connectivity index (χ2n) is 2.91. The number of benzene rings is 1. The Morgan fingerprint density at radius 2 is 1.75 bits per heavy atom. The number of aliphatic hydroxyl groups is 1. The second kappa shape index (κ2) is 4.18. The molecular formula is C9H5F3N2OS. The molecule has 0 radical (unpaired) electrons. The van der Waals surface area contributed by atoms with Crippen molar-refractivity contribution in [3.05, 3.63) is 34.6 Å². The molecule has 0 spiro atoms. The minimum atomic E-state index is -1.52. The molecule has 1 N–H and O–H groups in total. The Morgan fingerprint density at radius 3 is 2.25 bits per heavy atom. The maximum atomic E-state index is 12.9. The molecule has 3 nitrogen and oxygen atoms in total. The van der Waals surface area contributed by atoms with E-state index in [2.05, 4.69) is 10.2 Å². The van der Waals surface area contributed by atoms with Gasteiger partial charge < -0.3 is 5.11 Å². The van der Waals surface area contributed by atoms with Crippen molar-refractivity contribution < 1.29 is 18.3 Å². The van der Waals surface area contributed by atoms with Gasteiger partial charge in [0.25, 0.3) is 0 Å². The molecule has 1 heterocycles. The van der Waals surface area contributed by atoms with Crippen molar-refractivity contribution >= 4 is 11.3 Å². The fourth-order valence-electron chi connectivity index (χ4n) is 1.11. The largest absolute Gasteiger partial charge is 0.389 e. The SMILES string of the molecule is OCc1nnc(-c2cc(F)c(F)c(F)c2)s1. The van der Waals surface area contributed by atoms with E-state index < -0.39 is 17.5 Å². The molecule has 1 aromatic carbocycles. The van der Waals surface area contributed by atoms with E-state index in [1.54, 1.807) is 0 Å². The molecule has 0 unspecified atom stereocenters. The van der Waals surface area contributed by atoms with E-state index in [1.807, 2.05) is 0 Å². The van der Waals surface area contributed by atoms with Gasteiger partial charge in [-0.3, -0.25) is 0 Å². The smallest absolute Gasteiger partial charge is 0.194 e. The van der Waals surface area contributed by atoms with Gasteiger partial charge in [0.15, 0.2) is 17.5 Å². The lowest BCUT2D eigenvalue weighted by Crippen LogP contribution is -1.91. The van der Waals surface area contributed by atoms with Crippen LogP contribution < -0.4 is 0 Å². The topological polar surface area (TPSA) is 46.0 Å². The number of aromatic nitrogens is 2. The van der Waals surface area contributed by atoms with Crippen LogP contribution in [0.1, 0.15) is 5.01 Å². The van der Waals surface area contributed by atoms with E-state index >= 15 is 0 Å². The zero-order valence-corrected chi connectivity index (χ0v) is 8.56. The van der Waals surface area contributed by atoms with Gasteiger partial charge in [0.1, 0.15) is 10.0 Å². The summed E-state index contributed by atoms with van der Waals surface area (Å²) in [5.41, 5.74) is 0.0913. The molecule has 0 saturated heterocycles. The van der Waals surface area contributed by atoms with Gasteiger partial charge in [-0.1, -0.05) is 11.3 Å². The summed E-state index contributed by atoms with van der Waals surface area (Å²) in [6, 6.07) is 1.67. The van der Waals surface area contributed by atoms with E-state index in [1.165, 1.54) is 0 Å². The number of hydrogen-bond acceptors (Lipinski definition) is 4. The highest BCUT2D eigenvalue weighted by Gasteiger charge is 2.14. The quantitative estimate of drug-likeness (QED) is 0.825. The number of nitrogens with zero attached hydrogens (tertiary/aromatic N) is 2. The first-order valence-electron chi connectivity index (χ1n) is 4.20. The van der Waals surface area contributed by atoms with Gasteiger partial charge in [-0.15, -0.1) is 10.2 Å². The third-order valence-electron chi connectivity index (χ3n) is 1.83. The van der Waals surface area contributed by atoms with Crippen LogP contribution in [0.25, 0.3) is 10.6 Å². The highest BCUT2D eigenvalue weighted by Crippen LogP contribution is 2.26. The van der Waals surface area contributed by atoms with E-state index in [0.717, 1.165) is 23.5 Å². The summed E-state index contributed by atoms with van der Waals surface area (Å²) >= 11 is 0.981. The summed E-state index contributed by atoms with van der Waals surface area (Å²) in [6.07, 6.45) is 0. The fourth-order valence-corrected chi connectivity index (χ4v) is 1.80. The minimum Gasteiger partial charge on any atom is -0.389 e. The molecule has 0 amide bonds. The van der Waals surface area contributed by atoms with Crippen LogP contribution in [0.3, 0.4) is 0 Å². The first-order chi connectivity index (χ1) is 7.61. The van der Waals surface area contributed by atoms with Gasteiger partial charge in [0.05, 0.1) is 6.61 Å². The summed E-state index contributed by atoms with van der Waals surface area (Å²) in [4.78, 5) is 0. The average Bonchev–Trinajstić information content (AvgIpc) is 2.73. The van der Waals surface area contributed by atoms with Crippen molar-refractivity contribution in [1.29, 1.82) is 0 Å². The van der Waals surface area contributed by atoms with Crippen molar-refractivity contribution in [3.8, 4) is 10.6 Å². The summed E-state index contributed by atoms with van der Waals surface area (Å²) in [5, 5.41) is 16.5. The Labute approximate surface area is 92.2 Å². The predicted molar refractivity (Wildman–Crippen MR) is 51.1 cm³/mol. The molecule has 0 aliphatic heterocycles. The van der Waals surface area contributed by atoms with E-state index in [9.17, 15) is 13.2 Å². The Balaban J connectivity index is 2.48. The molecule has 0 fully saturated rings. The van der Waals surface area contributed by atoms with Gasteiger partial charge in [0, 0.05) is 5.56 Å². The highest BCUT2D eigenvalue weighted by atomic mass is 32.1. The first kappa shape index (κ1) is 11.0. The zero-order chi connectivity index (χ0) is 11.7. The van der Waals surface area contributed by atoms with Crippen molar-refractivity contribution in [3.63, 3.8) is 0 Å². The standard InChI is InChI=1S/C9H5F3N2OS/c10-5-1-4(2-6(11)8(5)12)9-14-13-7(3-15)16-9/h1-2,15H,3H2. The van der Waals surface area contributed by atoms with E-state index in [4.69, 9.17) is 5.11 Å². The van der Waals surface area contributed by atoms with E-state index in [0.29, 0.717) is 5.01 Å². The van der Waals surface area contributed by atoms with Crippen LogP contribution in [-0.2, 0) is 6.61 Å². The lowest BCUT2D eigenvalue weighted by Gasteiger charge is -1.98. The maximum Gasteiger partial charge on any atom is 0.194 e. The molecule has 1 aromatic heterocycles. The summed E-state index contributed by atoms with van der Waals surface area (Å²) in [7, 11) is 0. The number of aliphatic hydroxyl groups excluding tert-OH is 1. The van der Waals surface area contributed by atoms with Crippen LogP contribution in [0.15, 0.2) is 12.1 Å². The van der Waals surface area contributed by atoms with Crippen LogP contribution in [0.4, 0.5) is 13.2 Å². The molecule has 0 bridgehead atoms. The minimum absolute atomic E-state index is 0.0913. The molecular weight excluding hydrogens is 241 g/mol. The van der Waals surface area contributed by atoms with Gasteiger partial charge in [-0.05, 0) is 12.1 Å². The number of rotatable bonds is 2. The zero-order valence-electron chi connectivity index (χ0n) is 7.75. The number of halogens is 3. The second-order valence-corrected chi connectivity index (χ2v) is 3.98. The fraction of sp³-hybridized carbons (Fsp3) is 0.111. The van der Waals surface area contributed by atoms with Crippen LogP contribution >= 0.6 is 11.3 Å². The molecule has 0 saturated carbocycles. The molecule has 2 aromatic rings. The number of hydrogen-bond donors (Lipinski definition) is 1. The maximum absolute atomic E-state index is 12.9. The lowest BCUT2D eigenvalue weighted by atomic mass is 10.2. The molecule has 0 aliphatic carbocycles. The average molecular weight is 246 g/mol. The van der Waals surface area contributed by atoms with Crippen LogP contribution in [-0.4, -0.2) is 15.3 Å². The molecule has 7 heteroatoms. The molecule has 0 atom stereocenters. The Morgan fingerprint density at radius 1 is 1.12 bits per heavy atom. The van der Waals surface area contributed by atoms with Gasteiger partial charge in [0.2, 0.25) is 0 Å². The van der Waals surface area contributed by atoms with Crippen molar-refractivity contribution in [2.45, 2.75) is 6.61 Å². The van der Waals surface area contributed by atoms with Crippen molar-refractivity contribution in [1.82, 2.24) is 10.2 Å².